The summed E-state index contributed by atoms with van der Waals surface area (Å²) in [5, 5.41) is 3.60. The van der Waals surface area contributed by atoms with E-state index in [9.17, 15) is 0 Å². The van der Waals surface area contributed by atoms with E-state index in [-0.39, 0.29) is 5.60 Å². The van der Waals surface area contributed by atoms with E-state index in [0.29, 0.717) is 12.1 Å². The lowest BCUT2D eigenvalue weighted by molar-refractivity contribution is -0.0339. The third-order valence-electron chi connectivity index (χ3n) is 4.47. The number of nitrogens with zero attached hydrogens (tertiary/aromatic N) is 1. The predicted molar refractivity (Wildman–Crippen MR) is 75.9 cm³/mol. The minimum Gasteiger partial charge on any atom is -0.371 e. The van der Waals surface area contributed by atoms with Gasteiger partial charge in [0.2, 0.25) is 0 Å². The van der Waals surface area contributed by atoms with Crippen molar-refractivity contribution in [1.29, 1.82) is 0 Å². The van der Waals surface area contributed by atoms with Gasteiger partial charge in [0.05, 0.1) is 11.7 Å². The number of rotatable bonds is 4. The van der Waals surface area contributed by atoms with Gasteiger partial charge in [-0.2, -0.15) is 0 Å². The minimum atomic E-state index is 0.109. The van der Waals surface area contributed by atoms with Gasteiger partial charge in [-0.05, 0) is 52.1 Å². The van der Waals surface area contributed by atoms with E-state index in [4.69, 9.17) is 4.74 Å². The molecule has 2 aliphatic heterocycles. The van der Waals surface area contributed by atoms with E-state index in [0.717, 1.165) is 19.0 Å². The van der Waals surface area contributed by atoms with E-state index in [1.807, 2.05) is 0 Å². The summed E-state index contributed by atoms with van der Waals surface area (Å²) in [5.74, 6) is 0.758. The highest BCUT2D eigenvalue weighted by atomic mass is 16.5. The molecule has 0 aliphatic carbocycles. The lowest BCUT2D eigenvalue weighted by atomic mass is 9.93. The maximum atomic E-state index is 6.10. The van der Waals surface area contributed by atoms with E-state index in [1.54, 1.807) is 0 Å². The van der Waals surface area contributed by atoms with Crippen molar-refractivity contribution in [2.24, 2.45) is 5.92 Å². The Balaban J connectivity index is 1.76. The average molecular weight is 254 g/mol. The molecule has 3 heteroatoms. The van der Waals surface area contributed by atoms with Crippen molar-refractivity contribution in [3.63, 3.8) is 0 Å². The van der Waals surface area contributed by atoms with Gasteiger partial charge in [0.25, 0.3) is 0 Å². The van der Waals surface area contributed by atoms with Crippen molar-refractivity contribution in [3.8, 4) is 0 Å². The van der Waals surface area contributed by atoms with Gasteiger partial charge >= 0.3 is 0 Å². The number of hydrogen-bond donors (Lipinski definition) is 1. The Labute approximate surface area is 112 Å². The fraction of sp³-hybridized carbons (Fsp3) is 1.00. The standard InChI is InChI=1S/C15H30N2O/c1-5-16-14-7-9-17(10-12(14)2)11-13-6-8-15(3,4)18-13/h12-14,16H,5-11H2,1-4H3. The van der Waals surface area contributed by atoms with Crippen LogP contribution in [0.25, 0.3) is 0 Å². The van der Waals surface area contributed by atoms with Gasteiger partial charge in [-0.15, -0.1) is 0 Å². The van der Waals surface area contributed by atoms with Crippen LogP contribution in [0, 0.1) is 5.92 Å². The molecule has 3 unspecified atom stereocenters. The van der Waals surface area contributed by atoms with Gasteiger partial charge in [0.1, 0.15) is 0 Å². The van der Waals surface area contributed by atoms with Gasteiger partial charge in [-0.1, -0.05) is 13.8 Å². The highest BCUT2D eigenvalue weighted by molar-refractivity contribution is 4.87. The zero-order valence-corrected chi connectivity index (χ0v) is 12.5. The quantitative estimate of drug-likeness (QED) is 0.833. The Hall–Kier alpha value is -0.120. The van der Waals surface area contributed by atoms with E-state index < -0.39 is 0 Å². The van der Waals surface area contributed by atoms with Crippen LogP contribution in [0.5, 0.6) is 0 Å². The maximum Gasteiger partial charge on any atom is 0.0710 e. The van der Waals surface area contributed by atoms with E-state index >= 15 is 0 Å². The van der Waals surface area contributed by atoms with Crippen LogP contribution < -0.4 is 5.32 Å². The lowest BCUT2D eigenvalue weighted by Crippen LogP contribution is -2.50. The molecule has 2 saturated heterocycles. The predicted octanol–water partition coefficient (Wildman–Crippen LogP) is 2.26. The van der Waals surface area contributed by atoms with Crippen LogP contribution >= 0.6 is 0 Å². The van der Waals surface area contributed by atoms with Gasteiger partial charge < -0.3 is 15.0 Å². The molecule has 0 aromatic heterocycles. The van der Waals surface area contributed by atoms with E-state index in [2.05, 4.69) is 37.9 Å². The molecule has 3 nitrogen and oxygen atoms in total. The summed E-state index contributed by atoms with van der Waals surface area (Å²) >= 11 is 0. The Bertz CT molecular complexity index is 267. The summed E-state index contributed by atoms with van der Waals surface area (Å²) < 4.78 is 6.10. The Morgan fingerprint density at radius 2 is 2.11 bits per heavy atom. The molecule has 1 N–H and O–H groups in total. The normalized spacial score (nSPS) is 37.0. The number of likely N-dealkylation sites (tertiary alicyclic amines) is 1. The Kier molecular flexibility index (Phi) is 4.68. The molecule has 0 spiro atoms. The van der Waals surface area contributed by atoms with Gasteiger partial charge in [0.15, 0.2) is 0 Å². The Morgan fingerprint density at radius 1 is 1.33 bits per heavy atom. The van der Waals surface area contributed by atoms with Crippen LogP contribution in [0.2, 0.25) is 0 Å². The summed E-state index contributed by atoms with van der Waals surface area (Å²) in [6.07, 6.45) is 4.18. The molecule has 0 bridgehead atoms. The van der Waals surface area contributed by atoms with Crippen molar-refractivity contribution >= 4 is 0 Å². The van der Waals surface area contributed by atoms with E-state index in [1.165, 1.54) is 32.4 Å². The molecular weight excluding hydrogens is 224 g/mol. The first-order valence-electron chi connectivity index (χ1n) is 7.64. The smallest absolute Gasteiger partial charge is 0.0710 e. The van der Waals surface area contributed by atoms with Crippen LogP contribution in [0.15, 0.2) is 0 Å². The summed E-state index contributed by atoms with van der Waals surface area (Å²) in [4.78, 5) is 2.60. The molecule has 0 aromatic rings. The van der Waals surface area contributed by atoms with Crippen molar-refractivity contribution in [2.75, 3.05) is 26.2 Å². The van der Waals surface area contributed by atoms with Crippen molar-refractivity contribution in [2.45, 2.75) is 64.7 Å². The minimum absolute atomic E-state index is 0.109. The first kappa shape index (κ1) is 14.3. The van der Waals surface area contributed by atoms with Gasteiger partial charge in [-0.25, -0.2) is 0 Å². The fourth-order valence-corrected chi connectivity index (χ4v) is 3.46. The molecule has 2 aliphatic rings. The third-order valence-corrected chi connectivity index (χ3v) is 4.47. The zero-order chi connectivity index (χ0) is 13.2. The number of ether oxygens (including phenoxy) is 1. The first-order chi connectivity index (χ1) is 8.50. The number of piperidine rings is 1. The summed E-state index contributed by atoms with van der Waals surface area (Å²) in [6, 6.07) is 0.715. The van der Waals surface area contributed by atoms with Crippen LogP contribution in [-0.2, 0) is 4.74 Å². The topological polar surface area (TPSA) is 24.5 Å². The van der Waals surface area contributed by atoms with Gasteiger partial charge in [-0.3, -0.25) is 0 Å². The van der Waals surface area contributed by atoms with Crippen LogP contribution in [-0.4, -0.2) is 48.8 Å². The summed E-state index contributed by atoms with van der Waals surface area (Å²) in [5.41, 5.74) is 0.109. The van der Waals surface area contributed by atoms with Crippen LogP contribution in [0.3, 0.4) is 0 Å². The SMILES string of the molecule is CCNC1CCN(CC2CCC(C)(C)O2)CC1C. The highest BCUT2D eigenvalue weighted by Crippen LogP contribution is 2.30. The number of hydrogen-bond acceptors (Lipinski definition) is 3. The fourth-order valence-electron chi connectivity index (χ4n) is 3.46. The Morgan fingerprint density at radius 3 is 2.67 bits per heavy atom. The largest absolute Gasteiger partial charge is 0.371 e. The third kappa shape index (κ3) is 3.69. The molecule has 2 heterocycles. The molecule has 0 aromatic carbocycles. The second kappa shape index (κ2) is 5.89. The zero-order valence-electron chi connectivity index (χ0n) is 12.5. The van der Waals surface area contributed by atoms with Crippen molar-refractivity contribution in [1.82, 2.24) is 10.2 Å². The monoisotopic (exact) mass is 254 g/mol. The maximum absolute atomic E-state index is 6.10. The number of nitrogens with one attached hydrogen (secondary N) is 1. The molecule has 3 atom stereocenters. The van der Waals surface area contributed by atoms with Crippen LogP contribution in [0.1, 0.15) is 47.0 Å². The molecule has 2 fully saturated rings. The van der Waals surface area contributed by atoms with Crippen LogP contribution in [0.4, 0.5) is 0 Å². The average Bonchev–Trinajstić information content (AvgIpc) is 2.62. The molecule has 18 heavy (non-hydrogen) atoms. The summed E-state index contributed by atoms with van der Waals surface area (Å²) in [7, 11) is 0. The molecule has 2 rings (SSSR count). The molecule has 0 amide bonds. The lowest BCUT2D eigenvalue weighted by Gasteiger charge is -2.38. The van der Waals surface area contributed by atoms with Crippen molar-refractivity contribution < 1.29 is 4.74 Å². The van der Waals surface area contributed by atoms with Gasteiger partial charge in [0, 0.05) is 19.1 Å². The highest BCUT2D eigenvalue weighted by Gasteiger charge is 2.34. The molecule has 0 saturated carbocycles. The molecule has 0 radical (unpaired) electrons. The summed E-state index contributed by atoms with van der Waals surface area (Å²) in [6.45, 7) is 13.7. The second-order valence-corrected chi connectivity index (χ2v) is 6.73. The van der Waals surface area contributed by atoms with Crippen molar-refractivity contribution in [3.05, 3.63) is 0 Å². The molecule has 106 valence electrons. The second-order valence-electron chi connectivity index (χ2n) is 6.73. The molecular formula is C15H30N2O. The first-order valence-corrected chi connectivity index (χ1v) is 7.64.